The Kier molecular flexibility index (Phi) is 7.01. The number of methoxy groups -OCH3 is 2. The molecule has 3 atom stereocenters. The van der Waals surface area contributed by atoms with Gasteiger partial charge in [0.25, 0.3) is 5.91 Å². The Hall–Kier alpha value is -1.77. The minimum Gasteiger partial charge on any atom is -0.493 e. The van der Waals surface area contributed by atoms with E-state index in [2.05, 4.69) is 33.9 Å². The van der Waals surface area contributed by atoms with Gasteiger partial charge in [0.1, 0.15) is 0 Å². The summed E-state index contributed by atoms with van der Waals surface area (Å²) in [6, 6.07) is 2.97. The molecule has 8 heteroatoms. The highest BCUT2D eigenvalue weighted by Gasteiger charge is 2.44. The Balaban J connectivity index is 2.42. The van der Waals surface area contributed by atoms with Crippen molar-refractivity contribution in [1.29, 1.82) is 0 Å². The van der Waals surface area contributed by atoms with Crippen LogP contribution < -0.4 is 15.2 Å². The van der Waals surface area contributed by atoms with E-state index in [1.165, 1.54) is 14.2 Å². The van der Waals surface area contributed by atoms with Crippen molar-refractivity contribution in [3.8, 4) is 11.5 Å². The van der Waals surface area contributed by atoms with Gasteiger partial charge in [-0.15, -0.1) is 0 Å². The Morgan fingerprint density at radius 3 is 2.32 bits per heavy atom. The van der Waals surface area contributed by atoms with Gasteiger partial charge < -0.3 is 29.6 Å². The monoisotopic (exact) mass is 410 g/mol. The minimum atomic E-state index is -1.35. The van der Waals surface area contributed by atoms with Crippen LogP contribution in [0.3, 0.4) is 0 Å². The molecule has 0 bridgehead atoms. The average molecular weight is 411 g/mol. The molecule has 1 fully saturated rings. The number of carbonyl (C=O) groups is 1. The predicted molar refractivity (Wildman–Crippen MR) is 113 cm³/mol. The first-order chi connectivity index (χ1) is 13.0. The van der Waals surface area contributed by atoms with E-state index in [1.807, 2.05) is 0 Å². The van der Waals surface area contributed by atoms with E-state index in [0.717, 1.165) is 0 Å². The van der Waals surface area contributed by atoms with E-state index >= 15 is 0 Å². The summed E-state index contributed by atoms with van der Waals surface area (Å²) in [6.45, 7) is 10.8. The summed E-state index contributed by atoms with van der Waals surface area (Å²) in [5, 5.41) is 10.4. The van der Waals surface area contributed by atoms with Crippen LogP contribution in [0.1, 0.15) is 37.6 Å². The molecule has 28 heavy (non-hydrogen) atoms. The van der Waals surface area contributed by atoms with Crippen LogP contribution in [-0.4, -0.2) is 64.0 Å². The van der Waals surface area contributed by atoms with Crippen molar-refractivity contribution in [3.63, 3.8) is 0 Å². The van der Waals surface area contributed by atoms with Crippen LogP contribution in [0, 0.1) is 5.41 Å². The Labute approximate surface area is 169 Å². The fourth-order valence-electron chi connectivity index (χ4n) is 3.76. The zero-order chi connectivity index (χ0) is 21.2. The molecule has 1 heterocycles. The molecule has 0 aliphatic carbocycles. The summed E-state index contributed by atoms with van der Waals surface area (Å²) in [5.41, 5.74) is 6.62. The third-order valence-corrected chi connectivity index (χ3v) is 5.83. The molecule has 0 radical (unpaired) electrons. The van der Waals surface area contributed by atoms with E-state index in [9.17, 15) is 9.90 Å². The second kappa shape index (κ2) is 8.71. The summed E-state index contributed by atoms with van der Waals surface area (Å²) >= 11 is 0. The number of hydrogen-bond acceptors (Lipinski definition) is 6. The highest BCUT2D eigenvalue weighted by Crippen LogP contribution is 2.37. The zero-order valence-corrected chi connectivity index (χ0v) is 19.1. The van der Waals surface area contributed by atoms with Gasteiger partial charge in [-0.25, -0.2) is 0 Å². The van der Waals surface area contributed by atoms with Gasteiger partial charge in [0.2, 0.25) is 0 Å². The van der Waals surface area contributed by atoms with Gasteiger partial charge in [0, 0.05) is 18.3 Å². The van der Waals surface area contributed by atoms with Crippen LogP contribution in [0.2, 0.25) is 13.1 Å². The molecule has 3 N–H and O–H groups in total. The highest BCUT2D eigenvalue weighted by molar-refractivity contribution is 6.48. The summed E-state index contributed by atoms with van der Waals surface area (Å²) < 4.78 is 16.9. The molecule has 1 aromatic rings. The van der Waals surface area contributed by atoms with Gasteiger partial charge in [-0.3, -0.25) is 4.79 Å². The first-order valence-corrected chi connectivity index (χ1v) is 12.4. The van der Waals surface area contributed by atoms with Crippen LogP contribution >= 0.6 is 0 Å². The van der Waals surface area contributed by atoms with Gasteiger partial charge >= 0.3 is 0 Å². The fraction of sp³-hybridized carbons (Fsp3) is 0.650. The molecule has 1 unspecified atom stereocenters. The minimum absolute atomic E-state index is 0.165. The van der Waals surface area contributed by atoms with Crippen LogP contribution in [0.15, 0.2) is 12.1 Å². The van der Waals surface area contributed by atoms with E-state index in [0.29, 0.717) is 29.2 Å². The quantitative estimate of drug-likeness (QED) is 0.552. The lowest BCUT2D eigenvalue weighted by Crippen LogP contribution is -2.50. The maximum atomic E-state index is 13.4. The van der Waals surface area contributed by atoms with Crippen molar-refractivity contribution >= 4 is 20.6 Å². The van der Waals surface area contributed by atoms with E-state index < -0.39 is 15.1 Å². The number of anilines is 1. The van der Waals surface area contributed by atoms with E-state index in [-0.39, 0.29) is 30.0 Å². The molecule has 1 aliphatic heterocycles. The lowest BCUT2D eigenvalue weighted by atomic mass is 9.83. The van der Waals surface area contributed by atoms with Crippen molar-refractivity contribution in [2.45, 2.75) is 58.5 Å². The maximum absolute atomic E-state index is 13.4. The first kappa shape index (κ1) is 22.5. The molecule has 1 amide bonds. The predicted octanol–water partition coefficient (Wildman–Crippen LogP) is 2.28. The van der Waals surface area contributed by atoms with Gasteiger partial charge in [0.05, 0.1) is 38.0 Å². The number of aliphatic hydroxyl groups excluding tert-OH is 1. The number of benzene rings is 1. The van der Waals surface area contributed by atoms with Crippen molar-refractivity contribution in [2.24, 2.45) is 5.41 Å². The number of nitrogens with two attached hydrogens (primary N) is 1. The molecule has 0 spiro atoms. The number of nitrogen functional groups attached to an aromatic ring is 1. The number of amides is 1. The maximum Gasteiger partial charge on any atom is 0.256 e. The summed E-state index contributed by atoms with van der Waals surface area (Å²) in [5.74, 6) is 0.675. The summed E-state index contributed by atoms with van der Waals surface area (Å²) in [7, 11) is 1.68. The van der Waals surface area contributed by atoms with Crippen LogP contribution in [0.4, 0.5) is 5.69 Å². The second-order valence-corrected chi connectivity index (χ2v) is 11.0. The number of ether oxygens (including phenoxy) is 2. The number of rotatable bonds is 6. The smallest absolute Gasteiger partial charge is 0.256 e. The number of nitrogens with zero attached hydrogens (tertiary/aromatic N) is 1. The Morgan fingerprint density at radius 1 is 1.25 bits per heavy atom. The third-order valence-electron chi connectivity index (χ3n) is 4.99. The van der Waals surface area contributed by atoms with E-state index in [4.69, 9.17) is 19.6 Å². The topological polar surface area (TPSA) is 94.3 Å². The van der Waals surface area contributed by atoms with Crippen molar-refractivity contribution in [3.05, 3.63) is 17.7 Å². The van der Waals surface area contributed by atoms with E-state index in [1.54, 1.807) is 17.0 Å². The molecule has 1 saturated heterocycles. The Morgan fingerprint density at radius 2 is 1.82 bits per heavy atom. The largest absolute Gasteiger partial charge is 0.493 e. The zero-order valence-electron chi connectivity index (χ0n) is 18.0. The molecular weight excluding hydrogens is 376 g/mol. The molecule has 1 aliphatic rings. The van der Waals surface area contributed by atoms with Crippen LogP contribution in [0.5, 0.6) is 11.5 Å². The van der Waals surface area contributed by atoms with Crippen molar-refractivity contribution in [1.82, 2.24) is 4.90 Å². The molecule has 0 saturated carbocycles. The molecule has 0 aromatic heterocycles. The second-order valence-electron chi connectivity index (χ2n) is 8.68. The average Bonchev–Trinajstić information content (AvgIpc) is 2.98. The highest BCUT2D eigenvalue weighted by atomic mass is 28.3. The van der Waals surface area contributed by atoms with Gasteiger partial charge in [-0.1, -0.05) is 20.8 Å². The molecule has 1 aromatic carbocycles. The summed E-state index contributed by atoms with van der Waals surface area (Å²) in [6.07, 6.45) is -0.263. The van der Waals surface area contributed by atoms with Gasteiger partial charge in [-0.05, 0) is 31.0 Å². The first-order valence-electron chi connectivity index (χ1n) is 9.65. The third kappa shape index (κ3) is 4.79. The standard InChI is InChI=1S/C20H34N2O5Si/c1-20(2,3)18(27-28(6)7)15-8-12(23)11-22(15)19(24)13-9-16(25-4)17(26-5)10-14(13)21/h9-10,12,15,18,23,28H,8,11,21H2,1-7H3/t12-,15+,18?/m1/s1. The lowest BCUT2D eigenvalue weighted by molar-refractivity contribution is 0.0137. The number of likely N-dealkylation sites (tertiary alicyclic amines) is 1. The molecule has 158 valence electrons. The molecular formula is C20H34N2O5Si. The lowest BCUT2D eigenvalue weighted by Gasteiger charge is -2.40. The molecule has 2 rings (SSSR count). The number of β-amino-alcohol motifs (C(OH)–C–C–N with tert-alkyl or cyclic N) is 1. The number of hydrogen-bond donors (Lipinski definition) is 2. The SMILES string of the molecule is COc1cc(N)c(C(=O)N2C[C@H](O)C[C@H]2C(O[SiH](C)C)C(C)(C)C)cc1OC. The number of aliphatic hydroxyl groups is 1. The van der Waals surface area contributed by atoms with Crippen LogP contribution in [-0.2, 0) is 4.43 Å². The molecule has 7 nitrogen and oxygen atoms in total. The summed E-state index contributed by atoms with van der Waals surface area (Å²) in [4.78, 5) is 15.1. The van der Waals surface area contributed by atoms with Crippen molar-refractivity contribution in [2.75, 3.05) is 26.5 Å². The van der Waals surface area contributed by atoms with Crippen molar-refractivity contribution < 1.29 is 23.8 Å². The Bertz CT molecular complexity index is 705. The van der Waals surface area contributed by atoms with Gasteiger partial charge in [0.15, 0.2) is 20.5 Å². The van der Waals surface area contributed by atoms with Crippen LogP contribution in [0.25, 0.3) is 0 Å². The normalized spacial score (nSPS) is 21.1. The fourth-order valence-corrected chi connectivity index (χ4v) is 4.94. The van der Waals surface area contributed by atoms with Gasteiger partial charge in [-0.2, -0.15) is 0 Å². The number of carbonyl (C=O) groups excluding carboxylic acids is 1.